The number of nitrogens with zero attached hydrogens (tertiary/aromatic N) is 1. The summed E-state index contributed by atoms with van der Waals surface area (Å²) in [4.78, 5) is 14.6. The van der Waals surface area contributed by atoms with E-state index in [2.05, 4.69) is 30.9 Å². The van der Waals surface area contributed by atoms with Crippen molar-refractivity contribution in [3.63, 3.8) is 0 Å². The van der Waals surface area contributed by atoms with Crippen LogP contribution in [0.25, 0.3) is 0 Å². The van der Waals surface area contributed by atoms with Crippen LogP contribution >= 0.6 is 0 Å². The summed E-state index contributed by atoms with van der Waals surface area (Å²) in [5, 5.41) is 0. The standard InChI is InChI=1S/C24H37NO5/c1-15(2)9-18-13-25-8-7-17-11-22(27-5)23(28-6)12-20(17)21(25)10-19(18)14-29-24(26)30-16(3)4/h11-12,15-16,18-19,21H,7-10,13-14H2,1-6H3. The summed E-state index contributed by atoms with van der Waals surface area (Å²) in [6.07, 6.45) is 2.39. The van der Waals surface area contributed by atoms with Crippen molar-refractivity contribution in [2.45, 2.75) is 59.1 Å². The van der Waals surface area contributed by atoms with Gasteiger partial charge in [-0.1, -0.05) is 13.8 Å². The average molecular weight is 420 g/mol. The van der Waals surface area contributed by atoms with E-state index in [0.29, 0.717) is 30.4 Å². The lowest BCUT2D eigenvalue weighted by Gasteiger charge is -2.47. The summed E-state index contributed by atoms with van der Waals surface area (Å²) in [7, 11) is 3.36. The van der Waals surface area contributed by atoms with E-state index in [-0.39, 0.29) is 6.10 Å². The van der Waals surface area contributed by atoms with Gasteiger partial charge in [0.25, 0.3) is 0 Å². The Balaban J connectivity index is 1.81. The zero-order chi connectivity index (χ0) is 21.8. The molecule has 1 saturated heterocycles. The Labute approximate surface area is 180 Å². The molecule has 168 valence electrons. The van der Waals surface area contributed by atoms with Gasteiger partial charge in [0.1, 0.15) is 0 Å². The molecule has 0 N–H and O–H groups in total. The SMILES string of the molecule is COc1cc2c(cc1OC)C1CC(COC(=O)OC(C)C)C(CC(C)C)CN1CC2. The smallest absolute Gasteiger partial charge is 0.493 e. The number of benzene rings is 1. The van der Waals surface area contributed by atoms with Crippen LogP contribution in [0.5, 0.6) is 11.5 Å². The average Bonchev–Trinajstić information content (AvgIpc) is 2.70. The maximum absolute atomic E-state index is 12.0. The third-order valence-corrected chi connectivity index (χ3v) is 6.30. The number of rotatable bonds is 7. The highest BCUT2D eigenvalue weighted by Gasteiger charge is 2.40. The summed E-state index contributed by atoms with van der Waals surface area (Å²) >= 11 is 0. The molecule has 3 rings (SSSR count). The van der Waals surface area contributed by atoms with E-state index in [9.17, 15) is 4.79 Å². The van der Waals surface area contributed by atoms with Crippen LogP contribution in [0.1, 0.15) is 57.7 Å². The molecule has 0 aliphatic carbocycles. The summed E-state index contributed by atoms with van der Waals surface area (Å²) in [6.45, 7) is 10.7. The number of ether oxygens (including phenoxy) is 4. The van der Waals surface area contributed by atoms with E-state index < -0.39 is 6.16 Å². The zero-order valence-electron chi connectivity index (χ0n) is 19.3. The van der Waals surface area contributed by atoms with E-state index in [0.717, 1.165) is 43.9 Å². The van der Waals surface area contributed by atoms with Gasteiger partial charge < -0.3 is 18.9 Å². The van der Waals surface area contributed by atoms with Gasteiger partial charge in [-0.05, 0) is 74.1 Å². The highest BCUT2D eigenvalue weighted by Crippen LogP contribution is 2.45. The first-order valence-electron chi connectivity index (χ1n) is 11.1. The summed E-state index contributed by atoms with van der Waals surface area (Å²) in [5.41, 5.74) is 2.65. The third-order valence-electron chi connectivity index (χ3n) is 6.30. The molecule has 1 fully saturated rings. The van der Waals surface area contributed by atoms with E-state index >= 15 is 0 Å². The van der Waals surface area contributed by atoms with E-state index in [1.807, 2.05) is 13.8 Å². The van der Waals surface area contributed by atoms with Gasteiger partial charge in [-0.15, -0.1) is 0 Å². The molecule has 0 radical (unpaired) electrons. The molecule has 3 atom stereocenters. The lowest BCUT2D eigenvalue weighted by Crippen LogP contribution is -2.47. The lowest BCUT2D eigenvalue weighted by atomic mass is 9.74. The van der Waals surface area contributed by atoms with E-state index in [4.69, 9.17) is 18.9 Å². The van der Waals surface area contributed by atoms with Crippen molar-refractivity contribution < 1.29 is 23.7 Å². The maximum atomic E-state index is 12.0. The Morgan fingerprint density at radius 1 is 1.10 bits per heavy atom. The monoisotopic (exact) mass is 419 g/mol. The minimum absolute atomic E-state index is 0.168. The Bertz CT molecular complexity index is 733. The first-order valence-corrected chi connectivity index (χ1v) is 11.1. The van der Waals surface area contributed by atoms with Crippen molar-refractivity contribution >= 4 is 6.16 Å². The van der Waals surface area contributed by atoms with Crippen molar-refractivity contribution in [2.75, 3.05) is 33.9 Å². The molecular weight excluding hydrogens is 382 g/mol. The first-order chi connectivity index (χ1) is 14.3. The molecule has 1 aromatic rings. The van der Waals surface area contributed by atoms with E-state index in [1.165, 1.54) is 11.1 Å². The van der Waals surface area contributed by atoms with Crippen molar-refractivity contribution in [3.05, 3.63) is 23.3 Å². The topological polar surface area (TPSA) is 57.2 Å². The molecule has 0 amide bonds. The molecule has 0 bridgehead atoms. The Morgan fingerprint density at radius 2 is 1.80 bits per heavy atom. The number of carbonyl (C=O) groups is 1. The highest BCUT2D eigenvalue weighted by molar-refractivity contribution is 5.60. The van der Waals surface area contributed by atoms with Crippen LogP contribution in [0, 0.1) is 17.8 Å². The fourth-order valence-electron chi connectivity index (χ4n) is 4.98. The van der Waals surface area contributed by atoms with Gasteiger partial charge >= 0.3 is 6.16 Å². The lowest BCUT2D eigenvalue weighted by molar-refractivity contribution is -0.0141. The largest absolute Gasteiger partial charge is 0.508 e. The van der Waals surface area contributed by atoms with Gasteiger partial charge in [0.15, 0.2) is 11.5 Å². The van der Waals surface area contributed by atoms with Crippen molar-refractivity contribution in [1.82, 2.24) is 4.90 Å². The molecule has 2 aliphatic rings. The fraction of sp³-hybridized carbons (Fsp3) is 0.708. The summed E-state index contributed by atoms with van der Waals surface area (Å²) in [6, 6.07) is 4.57. The van der Waals surface area contributed by atoms with Crippen LogP contribution < -0.4 is 9.47 Å². The van der Waals surface area contributed by atoms with Gasteiger partial charge in [0.2, 0.25) is 0 Å². The highest BCUT2D eigenvalue weighted by atomic mass is 16.7. The Morgan fingerprint density at radius 3 is 2.43 bits per heavy atom. The van der Waals surface area contributed by atoms with Crippen LogP contribution in [0.4, 0.5) is 4.79 Å². The molecule has 2 aliphatic heterocycles. The molecule has 30 heavy (non-hydrogen) atoms. The minimum Gasteiger partial charge on any atom is -0.493 e. The predicted octanol–water partition coefficient (Wildman–Crippen LogP) is 4.85. The van der Waals surface area contributed by atoms with Crippen LogP contribution in [-0.2, 0) is 15.9 Å². The second-order valence-corrected chi connectivity index (χ2v) is 9.28. The summed E-state index contributed by atoms with van der Waals surface area (Å²) in [5.74, 6) is 2.99. The molecule has 1 aromatic carbocycles. The molecule has 0 aromatic heterocycles. The summed E-state index contributed by atoms with van der Waals surface area (Å²) < 4.78 is 21.8. The van der Waals surface area contributed by atoms with Crippen molar-refractivity contribution in [1.29, 1.82) is 0 Å². The van der Waals surface area contributed by atoms with Crippen molar-refractivity contribution in [3.8, 4) is 11.5 Å². The van der Waals surface area contributed by atoms with E-state index in [1.54, 1.807) is 14.2 Å². The number of carbonyl (C=O) groups excluding carboxylic acids is 1. The van der Waals surface area contributed by atoms with Gasteiger partial charge in [0.05, 0.1) is 26.9 Å². The van der Waals surface area contributed by atoms with Crippen LogP contribution in [-0.4, -0.2) is 51.1 Å². The van der Waals surface area contributed by atoms with Gasteiger partial charge in [-0.3, -0.25) is 4.90 Å². The Kier molecular flexibility index (Phi) is 7.50. The zero-order valence-corrected chi connectivity index (χ0v) is 19.3. The van der Waals surface area contributed by atoms with Crippen molar-refractivity contribution in [2.24, 2.45) is 17.8 Å². The second kappa shape index (κ2) is 9.90. The van der Waals surface area contributed by atoms with Crippen LogP contribution in [0.15, 0.2) is 12.1 Å². The number of fused-ring (bicyclic) bond motifs is 3. The number of methoxy groups -OCH3 is 2. The number of hydrogen-bond donors (Lipinski definition) is 0. The second-order valence-electron chi connectivity index (χ2n) is 9.28. The molecule has 2 heterocycles. The molecule has 0 spiro atoms. The molecular formula is C24H37NO5. The van der Waals surface area contributed by atoms with Crippen LogP contribution in [0.3, 0.4) is 0 Å². The van der Waals surface area contributed by atoms with Gasteiger partial charge in [-0.25, -0.2) is 4.79 Å². The minimum atomic E-state index is -0.564. The molecule has 3 unspecified atom stereocenters. The molecule has 6 nitrogen and oxygen atoms in total. The quantitative estimate of drug-likeness (QED) is 0.589. The third kappa shape index (κ3) is 5.20. The fourth-order valence-corrected chi connectivity index (χ4v) is 4.98. The van der Waals surface area contributed by atoms with Gasteiger partial charge in [0, 0.05) is 19.1 Å². The number of piperidine rings is 1. The first kappa shape index (κ1) is 22.7. The normalized spacial score (nSPS) is 23.7. The molecule has 6 heteroatoms. The Hall–Kier alpha value is -1.95. The maximum Gasteiger partial charge on any atom is 0.508 e. The number of hydrogen-bond acceptors (Lipinski definition) is 6. The predicted molar refractivity (Wildman–Crippen MR) is 116 cm³/mol. The molecule has 0 saturated carbocycles. The van der Waals surface area contributed by atoms with Gasteiger partial charge in [-0.2, -0.15) is 0 Å². The van der Waals surface area contributed by atoms with Crippen LogP contribution in [0.2, 0.25) is 0 Å².